The van der Waals surface area contributed by atoms with Crippen LogP contribution in [0.15, 0.2) is 77.7 Å². The molecule has 0 saturated heterocycles. The van der Waals surface area contributed by atoms with Gasteiger partial charge in [0.25, 0.3) is 10.0 Å². The number of benzene rings is 3. The monoisotopic (exact) mass is 486 g/mol. The first-order valence-electron chi connectivity index (χ1n) is 12.2. The summed E-state index contributed by atoms with van der Waals surface area (Å²) in [6, 6.07) is 25.5. The predicted molar refractivity (Wildman–Crippen MR) is 138 cm³/mol. The quantitative estimate of drug-likeness (QED) is 0.447. The predicted octanol–water partition coefficient (Wildman–Crippen LogP) is 4.74. The van der Waals surface area contributed by atoms with Gasteiger partial charge in [-0.15, -0.1) is 0 Å². The van der Waals surface area contributed by atoms with Crippen LogP contribution in [0.4, 0.5) is 5.69 Å². The normalized spacial score (nSPS) is 23.9. The van der Waals surface area contributed by atoms with E-state index in [4.69, 9.17) is 5.73 Å². The van der Waals surface area contributed by atoms with Crippen LogP contribution >= 0.6 is 0 Å². The molecule has 2 fully saturated rings. The van der Waals surface area contributed by atoms with Gasteiger partial charge in [0, 0.05) is 29.7 Å². The highest BCUT2D eigenvalue weighted by Gasteiger charge is 2.39. The molecule has 0 amide bonds. The molecule has 0 bridgehead atoms. The third-order valence-electron chi connectivity index (χ3n) is 7.10. The summed E-state index contributed by atoms with van der Waals surface area (Å²) >= 11 is 0. The maximum absolute atomic E-state index is 12.9. The van der Waals surface area contributed by atoms with Crippen molar-refractivity contribution < 1.29 is 8.42 Å². The van der Waals surface area contributed by atoms with Crippen LogP contribution in [0.5, 0.6) is 0 Å². The second kappa shape index (κ2) is 9.82. The Bertz CT molecular complexity index is 1340. The van der Waals surface area contributed by atoms with Crippen LogP contribution in [-0.4, -0.2) is 26.5 Å². The summed E-state index contributed by atoms with van der Waals surface area (Å²) in [4.78, 5) is -0.0269. The first-order chi connectivity index (χ1) is 16.9. The van der Waals surface area contributed by atoms with Crippen LogP contribution in [0.2, 0.25) is 0 Å². The summed E-state index contributed by atoms with van der Waals surface area (Å²) in [7, 11) is -3.87. The summed E-state index contributed by atoms with van der Waals surface area (Å²) in [5, 5.41) is 13.1. The lowest BCUT2D eigenvalue weighted by Gasteiger charge is -2.27. The van der Waals surface area contributed by atoms with E-state index in [1.165, 1.54) is 37.0 Å². The Hall–Kier alpha value is -3.18. The number of rotatable bonds is 7. The number of hydrogen-bond acceptors (Lipinski definition) is 5. The van der Waals surface area contributed by atoms with Crippen molar-refractivity contribution in [2.24, 2.45) is 5.73 Å². The smallest absolute Gasteiger partial charge is 0.263 e. The lowest BCUT2D eigenvalue weighted by atomic mass is 9.92. The van der Waals surface area contributed by atoms with E-state index in [9.17, 15) is 13.7 Å². The van der Waals surface area contributed by atoms with Crippen molar-refractivity contribution in [1.82, 2.24) is 5.32 Å². The highest BCUT2D eigenvalue weighted by molar-refractivity contribution is 7.92. The number of nitrogens with two attached hydrogens (primary N) is 1. The highest BCUT2D eigenvalue weighted by Crippen LogP contribution is 2.42. The maximum Gasteiger partial charge on any atom is 0.263 e. The molecule has 7 heteroatoms. The first-order valence-corrected chi connectivity index (χ1v) is 13.7. The molecule has 2 aliphatic rings. The van der Waals surface area contributed by atoms with Crippen LogP contribution in [-0.2, 0) is 10.0 Å². The zero-order chi connectivity index (χ0) is 24.4. The molecule has 35 heavy (non-hydrogen) atoms. The molecule has 5 rings (SSSR count). The molecule has 0 spiro atoms. The molecule has 0 heterocycles. The average Bonchev–Trinajstić information content (AvgIpc) is 3.64. The number of hydrogen-bond donors (Lipinski definition) is 3. The average molecular weight is 487 g/mol. The number of nitriles is 1. The van der Waals surface area contributed by atoms with Gasteiger partial charge in [0.15, 0.2) is 0 Å². The topological polar surface area (TPSA) is 108 Å². The van der Waals surface area contributed by atoms with E-state index in [1.807, 2.05) is 24.3 Å². The first kappa shape index (κ1) is 23.6. The van der Waals surface area contributed by atoms with E-state index in [0.717, 1.165) is 24.0 Å². The van der Waals surface area contributed by atoms with Gasteiger partial charge in [-0.2, -0.15) is 5.26 Å². The van der Waals surface area contributed by atoms with Gasteiger partial charge >= 0.3 is 0 Å². The van der Waals surface area contributed by atoms with Gasteiger partial charge in [-0.25, -0.2) is 8.42 Å². The summed E-state index contributed by atoms with van der Waals surface area (Å²) in [6.45, 7) is 0. The van der Waals surface area contributed by atoms with Crippen molar-refractivity contribution in [1.29, 1.82) is 5.26 Å². The van der Waals surface area contributed by atoms with Crippen LogP contribution < -0.4 is 15.8 Å². The molecule has 6 nitrogen and oxygen atoms in total. The number of anilines is 1. The third kappa shape index (κ3) is 5.40. The molecular formula is C28H30N4O2S. The Kier molecular flexibility index (Phi) is 6.61. The van der Waals surface area contributed by atoms with Gasteiger partial charge in [-0.1, -0.05) is 48.5 Å². The lowest BCUT2D eigenvalue weighted by molar-refractivity contribution is 0.339. The van der Waals surface area contributed by atoms with Gasteiger partial charge in [0.05, 0.1) is 5.56 Å². The minimum atomic E-state index is -3.87. The fourth-order valence-electron chi connectivity index (χ4n) is 5.02. The summed E-state index contributed by atoms with van der Waals surface area (Å²) in [6.07, 6.45) is 5.74. The number of nitrogens with one attached hydrogen (secondary N) is 2. The SMILES string of the molecule is N#Cc1ccccc1S(=O)(=O)Nc1cccc(-c2ccc(C3CC3NC3CCC(N)CC3)cc2)c1. The van der Waals surface area contributed by atoms with E-state index in [1.54, 1.807) is 18.2 Å². The fourth-order valence-corrected chi connectivity index (χ4v) is 6.23. The third-order valence-corrected chi connectivity index (χ3v) is 8.54. The fraction of sp³-hybridized carbons (Fsp3) is 0.321. The molecule has 0 radical (unpaired) electrons. The second-order valence-electron chi connectivity index (χ2n) is 9.64. The highest BCUT2D eigenvalue weighted by atomic mass is 32.2. The summed E-state index contributed by atoms with van der Waals surface area (Å²) in [5.74, 6) is 0.554. The second-order valence-corrected chi connectivity index (χ2v) is 11.3. The Morgan fingerprint density at radius 1 is 0.886 bits per heavy atom. The van der Waals surface area contributed by atoms with Crippen LogP contribution in [0.25, 0.3) is 11.1 Å². The molecule has 3 aromatic rings. The van der Waals surface area contributed by atoms with Crippen molar-refractivity contribution in [3.8, 4) is 17.2 Å². The molecular weight excluding hydrogens is 456 g/mol. The molecule has 2 atom stereocenters. The standard InChI is InChI=1S/C28H30N4O2S/c29-18-22-4-1-2-7-28(22)35(33,34)32-25-6-3-5-21(16-25)19-8-10-20(11-9-19)26-17-27(26)31-24-14-12-23(30)13-15-24/h1-11,16,23-24,26-27,31-32H,12-15,17,30H2. The molecule has 3 aromatic carbocycles. The molecule has 0 aromatic heterocycles. The molecule has 4 N–H and O–H groups in total. The molecule has 2 saturated carbocycles. The van der Waals surface area contributed by atoms with Crippen LogP contribution in [0, 0.1) is 11.3 Å². The van der Waals surface area contributed by atoms with Crippen LogP contribution in [0.1, 0.15) is 49.1 Å². The lowest BCUT2D eigenvalue weighted by Crippen LogP contribution is -2.38. The number of sulfonamides is 1. The van der Waals surface area contributed by atoms with Gasteiger partial charge in [0.2, 0.25) is 0 Å². The molecule has 0 aliphatic heterocycles. The maximum atomic E-state index is 12.9. The molecule has 180 valence electrons. The largest absolute Gasteiger partial charge is 0.328 e. The summed E-state index contributed by atoms with van der Waals surface area (Å²) in [5.41, 5.74) is 9.89. The van der Waals surface area contributed by atoms with Crippen molar-refractivity contribution in [2.75, 3.05) is 4.72 Å². The van der Waals surface area contributed by atoms with E-state index in [-0.39, 0.29) is 10.5 Å². The van der Waals surface area contributed by atoms with E-state index in [2.05, 4.69) is 34.3 Å². The van der Waals surface area contributed by atoms with E-state index < -0.39 is 10.0 Å². The van der Waals surface area contributed by atoms with Gasteiger partial charge in [0.1, 0.15) is 11.0 Å². The van der Waals surface area contributed by atoms with Gasteiger partial charge in [-0.3, -0.25) is 4.72 Å². The minimum absolute atomic E-state index is 0.0269. The Morgan fingerprint density at radius 2 is 1.63 bits per heavy atom. The van der Waals surface area contributed by atoms with Crippen molar-refractivity contribution in [3.63, 3.8) is 0 Å². The minimum Gasteiger partial charge on any atom is -0.328 e. The summed E-state index contributed by atoms with van der Waals surface area (Å²) < 4.78 is 28.4. The van der Waals surface area contributed by atoms with Gasteiger partial charge in [-0.05, 0) is 73.1 Å². The Balaban J connectivity index is 1.25. The Labute approximate surface area is 207 Å². The van der Waals surface area contributed by atoms with Crippen molar-refractivity contribution in [2.45, 2.75) is 61.0 Å². The van der Waals surface area contributed by atoms with Crippen molar-refractivity contribution in [3.05, 3.63) is 83.9 Å². The zero-order valence-corrected chi connectivity index (χ0v) is 20.3. The zero-order valence-electron chi connectivity index (χ0n) is 19.5. The molecule has 2 aliphatic carbocycles. The Morgan fingerprint density at radius 3 is 2.37 bits per heavy atom. The van der Waals surface area contributed by atoms with Gasteiger partial charge < -0.3 is 11.1 Å². The number of nitrogens with zero attached hydrogens (tertiary/aromatic N) is 1. The van der Waals surface area contributed by atoms with Crippen molar-refractivity contribution >= 4 is 15.7 Å². The van der Waals surface area contributed by atoms with E-state index in [0.29, 0.717) is 29.7 Å². The molecule has 2 unspecified atom stereocenters. The van der Waals surface area contributed by atoms with Crippen LogP contribution in [0.3, 0.4) is 0 Å². The van der Waals surface area contributed by atoms with E-state index >= 15 is 0 Å².